The first-order chi connectivity index (χ1) is 5.50. The third-order valence-corrected chi connectivity index (χ3v) is 0.516. The van der Waals surface area contributed by atoms with E-state index >= 15 is 0 Å². The molecule has 0 unspecified atom stereocenters. The fourth-order valence-corrected chi connectivity index (χ4v) is 0. The molecule has 0 amide bonds. The quantitative estimate of drug-likeness (QED) is 0.407. The Kier molecular flexibility index (Phi) is 9.95. The van der Waals surface area contributed by atoms with Crippen molar-refractivity contribution in [1.29, 1.82) is 0 Å². The van der Waals surface area contributed by atoms with Crippen LogP contribution in [0, 0.1) is 0 Å². The molecule has 0 heterocycles. The molecule has 0 bridgehead atoms. The monoisotopic (exact) mass is 310 g/mol. The van der Waals surface area contributed by atoms with Gasteiger partial charge in [-0.1, -0.05) is 0 Å². The maximum atomic E-state index is 10.6. The van der Waals surface area contributed by atoms with Crippen LogP contribution >= 0.6 is 0 Å². The van der Waals surface area contributed by atoms with Crippen molar-refractivity contribution >= 4 is 5.97 Å². The summed E-state index contributed by atoms with van der Waals surface area (Å²) in [6.07, 6.45) is -5.08. The third kappa shape index (κ3) is 17.8. The third-order valence-electron chi connectivity index (χ3n) is 0.516. The summed E-state index contributed by atoms with van der Waals surface area (Å²) in [6, 6.07) is 0. The Morgan fingerprint density at radius 3 is 1.36 bits per heavy atom. The Hall–Kier alpha value is -0.158. The molecule has 0 aliphatic heterocycles. The van der Waals surface area contributed by atoms with Crippen molar-refractivity contribution in [1.82, 2.24) is 0 Å². The van der Waals surface area contributed by atoms with E-state index in [1.165, 1.54) is 0 Å². The van der Waals surface area contributed by atoms with Gasteiger partial charge in [-0.25, -0.2) is 9.68 Å². The van der Waals surface area contributed by atoms with Gasteiger partial charge in [-0.2, -0.15) is 13.2 Å². The number of carboxylic acids is 1. The fraction of sp³-hybridized carbons (Fsp3) is 0.833. The maximum Gasteiger partial charge on any atom is 0.490 e. The van der Waals surface area contributed by atoms with Crippen LogP contribution in [0.15, 0.2) is 0 Å². The minimum absolute atomic E-state index is 0. The number of halogens is 3. The van der Waals surface area contributed by atoms with Gasteiger partial charge in [-0.15, -0.1) is 0 Å². The second-order valence-corrected chi connectivity index (χ2v) is 3.01. The normalized spacial score (nSPS) is 10.8. The van der Waals surface area contributed by atoms with Gasteiger partial charge in [0.2, 0.25) is 0 Å². The van der Waals surface area contributed by atoms with E-state index in [-0.39, 0.29) is 20.4 Å². The zero-order chi connectivity index (χ0) is 11.3. The zero-order valence-electron chi connectivity index (χ0n) is 7.66. The first-order valence-electron chi connectivity index (χ1n) is 3.13. The molecule has 0 aliphatic carbocycles. The number of carbonyl (C=O) groups is 1. The summed E-state index contributed by atoms with van der Waals surface area (Å²) in [5.74, 6) is -2.76. The molecule has 0 spiro atoms. The number of hydrogen-bond acceptors (Lipinski definition) is 3. The van der Waals surface area contributed by atoms with E-state index in [4.69, 9.17) is 15.2 Å². The molecule has 0 saturated carbocycles. The van der Waals surface area contributed by atoms with Crippen LogP contribution in [0.5, 0.6) is 0 Å². The molecule has 0 saturated heterocycles. The molecule has 0 aliphatic rings. The van der Waals surface area contributed by atoms with Crippen LogP contribution in [0.2, 0.25) is 0 Å². The number of aliphatic carboxylic acids is 1. The van der Waals surface area contributed by atoms with E-state index in [1.807, 2.05) is 0 Å². The van der Waals surface area contributed by atoms with Crippen LogP contribution in [-0.4, -0.2) is 28.1 Å². The van der Waals surface area contributed by atoms with Gasteiger partial charge in [-0.3, -0.25) is 5.26 Å². The van der Waals surface area contributed by atoms with E-state index in [0.717, 1.165) is 0 Å². The summed E-state index contributed by atoms with van der Waals surface area (Å²) in [4.78, 5) is 12.8. The first-order valence-corrected chi connectivity index (χ1v) is 3.13. The van der Waals surface area contributed by atoms with Gasteiger partial charge >= 0.3 is 12.1 Å². The van der Waals surface area contributed by atoms with Gasteiger partial charge in [-0.05, 0) is 20.8 Å². The fourth-order valence-electron chi connectivity index (χ4n) is 0. The average Bonchev–Trinajstić information content (AvgIpc) is 1.85. The Balaban J connectivity index is -0.000000163. The molecule has 90 valence electrons. The van der Waals surface area contributed by atoms with Gasteiger partial charge in [0.1, 0.15) is 0 Å². The van der Waals surface area contributed by atoms with Crippen molar-refractivity contribution in [2.45, 2.75) is 32.5 Å². The minimum atomic E-state index is -5.08. The van der Waals surface area contributed by atoms with Crippen molar-refractivity contribution in [3.63, 3.8) is 0 Å². The molecular formula is C6H11F3O4Pd. The van der Waals surface area contributed by atoms with Gasteiger partial charge in [0.05, 0.1) is 5.60 Å². The second kappa shape index (κ2) is 7.18. The summed E-state index contributed by atoms with van der Waals surface area (Å²) in [5, 5.41) is 15.0. The topological polar surface area (TPSA) is 66.8 Å². The van der Waals surface area contributed by atoms with Crippen LogP contribution in [0.3, 0.4) is 0 Å². The SMILES string of the molecule is CC(C)(C)OO.O=C(O)C(F)(F)F.[Pd]. The largest absolute Gasteiger partial charge is 0.490 e. The molecule has 0 fully saturated rings. The van der Waals surface area contributed by atoms with Crippen LogP contribution in [0.25, 0.3) is 0 Å². The summed E-state index contributed by atoms with van der Waals surface area (Å²) in [5.41, 5.74) is -0.403. The van der Waals surface area contributed by atoms with Gasteiger partial charge in [0.15, 0.2) is 0 Å². The van der Waals surface area contributed by atoms with Crippen molar-refractivity contribution < 1.29 is 53.6 Å². The van der Waals surface area contributed by atoms with Gasteiger partial charge in [0.25, 0.3) is 0 Å². The summed E-state index contributed by atoms with van der Waals surface area (Å²) in [6.45, 7) is 5.31. The number of rotatable bonds is 0. The molecule has 8 heteroatoms. The van der Waals surface area contributed by atoms with Crippen LogP contribution in [0.1, 0.15) is 20.8 Å². The van der Waals surface area contributed by atoms with Crippen molar-refractivity contribution in [3.05, 3.63) is 0 Å². The molecular weight excluding hydrogens is 299 g/mol. The Bertz CT molecular complexity index is 163. The Labute approximate surface area is 92.6 Å². The first kappa shape index (κ1) is 19.4. The molecule has 0 aromatic carbocycles. The summed E-state index contributed by atoms with van der Waals surface area (Å²) >= 11 is 0. The van der Waals surface area contributed by atoms with E-state index in [2.05, 4.69) is 4.89 Å². The van der Waals surface area contributed by atoms with Crippen molar-refractivity contribution in [2.75, 3.05) is 0 Å². The van der Waals surface area contributed by atoms with E-state index < -0.39 is 17.7 Å². The summed E-state index contributed by atoms with van der Waals surface area (Å²) < 4.78 is 31.7. The smallest absolute Gasteiger partial charge is 0.475 e. The predicted molar refractivity (Wildman–Crippen MR) is 37.2 cm³/mol. The molecule has 0 aromatic rings. The molecule has 14 heavy (non-hydrogen) atoms. The van der Waals surface area contributed by atoms with Crippen LogP contribution in [0.4, 0.5) is 13.2 Å². The van der Waals surface area contributed by atoms with Crippen molar-refractivity contribution in [3.8, 4) is 0 Å². The average molecular weight is 311 g/mol. The Morgan fingerprint density at radius 1 is 1.21 bits per heavy atom. The molecule has 0 atom stereocenters. The molecule has 0 rings (SSSR count). The van der Waals surface area contributed by atoms with Gasteiger partial charge in [0, 0.05) is 20.4 Å². The second-order valence-electron chi connectivity index (χ2n) is 3.01. The number of carboxylic acid groups (broad SMARTS) is 1. The number of hydrogen-bond donors (Lipinski definition) is 2. The zero-order valence-corrected chi connectivity index (χ0v) is 9.22. The Morgan fingerprint density at radius 2 is 1.36 bits per heavy atom. The summed E-state index contributed by atoms with van der Waals surface area (Å²) in [7, 11) is 0. The molecule has 4 nitrogen and oxygen atoms in total. The molecule has 0 radical (unpaired) electrons. The van der Waals surface area contributed by atoms with Gasteiger partial charge < -0.3 is 5.11 Å². The van der Waals surface area contributed by atoms with E-state index in [0.29, 0.717) is 0 Å². The maximum absolute atomic E-state index is 10.6. The van der Waals surface area contributed by atoms with Crippen LogP contribution < -0.4 is 0 Å². The predicted octanol–water partition coefficient (Wildman–Crippen LogP) is 1.91. The standard InChI is InChI=1S/C4H10O2.C2HF3O2.Pd/c1-4(2,3)6-5;3-2(4,5)1(6)7;/h5H,1-3H3;(H,6,7);. The van der Waals surface area contributed by atoms with Crippen molar-refractivity contribution in [2.24, 2.45) is 0 Å². The number of alkyl halides is 3. The van der Waals surface area contributed by atoms with E-state index in [9.17, 15) is 13.2 Å². The minimum Gasteiger partial charge on any atom is -0.475 e. The van der Waals surface area contributed by atoms with E-state index in [1.54, 1.807) is 20.8 Å². The van der Waals surface area contributed by atoms with Crippen LogP contribution in [-0.2, 0) is 30.1 Å². The molecule has 0 aromatic heterocycles. The molecule has 2 N–H and O–H groups in total.